The number of rotatable bonds is 11. The minimum absolute atomic E-state index is 0.0203. The summed E-state index contributed by atoms with van der Waals surface area (Å²) >= 11 is 0. The maximum absolute atomic E-state index is 13.0. The lowest BCUT2D eigenvalue weighted by Gasteiger charge is -2.13. The van der Waals surface area contributed by atoms with Crippen molar-refractivity contribution in [2.45, 2.75) is 45.6 Å². The minimum Gasteiger partial charge on any atom is -0.494 e. The van der Waals surface area contributed by atoms with E-state index in [1.54, 1.807) is 32.9 Å². The summed E-state index contributed by atoms with van der Waals surface area (Å²) in [5, 5.41) is 0. The van der Waals surface area contributed by atoms with E-state index in [1.807, 2.05) is 6.92 Å². The number of carbonyl (C=O) groups excluding carboxylic acids is 3. The van der Waals surface area contributed by atoms with Gasteiger partial charge < -0.3 is 19.2 Å². The van der Waals surface area contributed by atoms with E-state index >= 15 is 0 Å². The summed E-state index contributed by atoms with van der Waals surface area (Å²) in [7, 11) is -3.93. The lowest BCUT2D eigenvalue weighted by atomic mass is 10.1. The van der Waals surface area contributed by atoms with Gasteiger partial charge in [0.15, 0.2) is 6.10 Å². The van der Waals surface area contributed by atoms with Gasteiger partial charge in [0.2, 0.25) is 5.78 Å². The monoisotopic (exact) mass is 542 g/mol. The SMILES string of the molecule is CCOC(=O)c1c(C)[nH]c(C(=O)[C@@H](C)OC(=O)c2cccc(NS(=O)(=O)c3ccc(OCC)cc3)c2)c1C. The average Bonchev–Trinajstić information content (AvgIpc) is 3.17. The highest BCUT2D eigenvalue weighted by Crippen LogP contribution is 2.23. The smallest absolute Gasteiger partial charge is 0.340 e. The molecule has 10 nitrogen and oxygen atoms in total. The zero-order valence-electron chi connectivity index (χ0n) is 21.8. The maximum Gasteiger partial charge on any atom is 0.340 e. The molecule has 0 amide bonds. The van der Waals surface area contributed by atoms with Crippen LogP contribution in [0.25, 0.3) is 0 Å². The van der Waals surface area contributed by atoms with Crippen LogP contribution >= 0.6 is 0 Å². The summed E-state index contributed by atoms with van der Waals surface area (Å²) < 4.78 is 43.7. The number of hydrogen-bond donors (Lipinski definition) is 2. The fourth-order valence-electron chi connectivity index (χ4n) is 3.80. The maximum atomic E-state index is 13.0. The fraction of sp³-hybridized carbons (Fsp3) is 0.296. The molecule has 0 bridgehead atoms. The molecule has 0 aliphatic carbocycles. The number of anilines is 1. The second kappa shape index (κ2) is 12.0. The second-order valence-electron chi connectivity index (χ2n) is 8.35. The fourth-order valence-corrected chi connectivity index (χ4v) is 4.85. The Bertz CT molecular complexity index is 1440. The lowest BCUT2D eigenvalue weighted by Crippen LogP contribution is -2.25. The van der Waals surface area contributed by atoms with Crippen LogP contribution in [0.1, 0.15) is 63.2 Å². The zero-order chi connectivity index (χ0) is 28.0. The quantitative estimate of drug-likeness (QED) is 0.268. The van der Waals surface area contributed by atoms with Crippen LogP contribution < -0.4 is 9.46 Å². The summed E-state index contributed by atoms with van der Waals surface area (Å²) in [6.07, 6.45) is -1.18. The first-order valence-electron chi connectivity index (χ1n) is 12.0. The van der Waals surface area contributed by atoms with Gasteiger partial charge in [-0.15, -0.1) is 0 Å². The third kappa shape index (κ3) is 6.41. The van der Waals surface area contributed by atoms with Crippen molar-refractivity contribution >= 4 is 33.4 Å². The molecule has 0 radical (unpaired) electrons. The van der Waals surface area contributed by atoms with Gasteiger partial charge in [-0.25, -0.2) is 18.0 Å². The number of ether oxygens (including phenoxy) is 3. The molecule has 0 saturated heterocycles. The van der Waals surface area contributed by atoms with Gasteiger partial charge in [0.05, 0.1) is 34.9 Å². The van der Waals surface area contributed by atoms with E-state index in [4.69, 9.17) is 14.2 Å². The molecule has 3 rings (SSSR count). The molecule has 0 aliphatic heterocycles. The van der Waals surface area contributed by atoms with Gasteiger partial charge in [-0.05, 0) is 82.6 Å². The van der Waals surface area contributed by atoms with Crippen LogP contribution in [0.2, 0.25) is 0 Å². The van der Waals surface area contributed by atoms with E-state index in [-0.39, 0.29) is 34.0 Å². The summed E-state index contributed by atoms with van der Waals surface area (Å²) in [5.74, 6) is -1.35. The number of sulfonamides is 1. The highest BCUT2D eigenvalue weighted by molar-refractivity contribution is 7.92. The molecule has 2 aromatic carbocycles. The number of aryl methyl sites for hydroxylation is 1. The second-order valence-corrected chi connectivity index (χ2v) is 10.0. The predicted octanol–water partition coefficient (Wildman–Crippen LogP) is 4.44. The molecule has 1 heterocycles. The predicted molar refractivity (Wildman–Crippen MR) is 140 cm³/mol. The molecule has 202 valence electrons. The number of esters is 2. The van der Waals surface area contributed by atoms with E-state index in [2.05, 4.69) is 9.71 Å². The first-order chi connectivity index (χ1) is 18.0. The number of H-pyrrole nitrogens is 1. The number of hydrogen-bond acceptors (Lipinski definition) is 8. The number of benzene rings is 2. The van der Waals surface area contributed by atoms with Crippen molar-refractivity contribution in [2.24, 2.45) is 0 Å². The van der Waals surface area contributed by atoms with Gasteiger partial charge in [0, 0.05) is 11.4 Å². The topological polar surface area (TPSA) is 141 Å². The average molecular weight is 543 g/mol. The largest absolute Gasteiger partial charge is 0.494 e. The van der Waals surface area contributed by atoms with Crippen LogP contribution in [0, 0.1) is 13.8 Å². The highest BCUT2D eigenvalue weighted by atomic mass is 32.2. The molecular weight excluding hydrogens is 512 g/mol. The Morgan fingerprint density at radius 2 is 1.66 bits per heavy atom. The number of nitrogens with one attached hydrogen (secondary N) is 2. The molecule has 11 heteroatoms. The van der Waals surface area contributed by atoms with E-state index in [9.17, 15) is 22.8 Å². The molecule has 0 unspecified atom stereocenters. The van der Waals surface area contributed by atoms with Crippen molar-refractivity contribution in [3.05, 3.63) is 76.6 Å². The van der Waals surface area contributed by atoms with Gasteiger partial charge in [0.25, 0.3) is 10.0 Å². The Morgan fingerprint density at radius 1 is 0.974 bits per heavy atom. The van der Waals surface area contributed by atoms with Crippen molar-refractivity contribution in [1.29, 1.82) is 0 Å². The van der Waals surface area contributed by atoms with Gasteiger partial charge in [-0.3, -0.25) is 9.52 Å². The third-order valence-corrected chi connectivity index (χ3v) is 7.01. The highest BCUT2D eigenvalue weighted by Gasteiger charge is 2.28. The van der Waals surface area contributed by atoms with Crippen molar-refractivity contribution in [2.75, 3.05) is 17.9 Å². The summed E-state index contributed by atoms with van der Waals surface area (Å²) in [4.78, 5) is 40.9. The molecule has 1 atom stereocenters. The number of aromatic amines is 1. The lowest BCUT2D eigenvalue weighted by molar-refractivity contribution is 0.0316. The summed E-state index contributed by atoms with van der Waals surface area (Å²) in [6, 6.07) is 11.7. The molecular formula is C27H30N2O8S. The molecule has 3 aromatic rings. The van der Waals surface area contributed by atoms with Crippen molar-refractivity contribution in [3.8, 4) is 5.75 Å². The Balaban J connectivity index is 1.72. The van der Waals surface area contributed by atoms with Gasteiger partial charge in [-0.2, -0.15) is 0 Å². The summed E-state index contributed by atoms with van der Waals surface area (Å²) in [6.45, 7) is 8.82. The van der Waals surface area contributed by atoms with E-state index < -0.39 is 33.8 Å². The van der Waals surface area contributed by atoms with E-state index in [0.717, 1.165) is 0 Å². The molecule has 0 aliphatic rings. The van der Waals surface area contributed by atoms with Crippen molar-refractivity contribution < 1.29 is 37.0 Å². The Hall–Kier alpha value is -4.12. The normalized spacial score (nSPS) is 11.9. The standard InChI is InChI=1S/C27H30N2O8S/c1-6-35-21-11-13-22(14-12-21)38(33,34)29-20-10-8-9-19(15-20)26(31)37-18(5)25(30)24-16(3)23(17(4)28-24)27(32)36-7-2/h8-15,18,28-29H,6-7H2,1-5H3/t18-/m1/s1. The summed E-state index contributed by atoms with van der Waals surface area (Å²) in [5.41, 5.74) is 1.46. The number of carbonyl (C=O) groups is 3. The molecule has 0 spiro atoms. The minimum atomic E-state index is -3.93. The van der Waals surface area contributed by atoms with Crippen LogP contribution in [-0.4, -0.2) is 50.4 Å². The van der Waals surface area contributed by atoms with Gasteiger partial charge in [-0.1, -0.05) is 6.07 Å². The van der Waals surface area contributed by atoms with Crippen molar-refractivity contribution in [1.82, 2.24) is 4.98 Å². The molecule has 0 saturated carbocycles. The molecule has 38 heavy (non-hydrogen) atoms. The van der Waals surface area contributed by atoms with Crippen LogP contribution in [-0.2, 0) is 19.5 Å². The van der Waals surface area contributed by atoms with Crippen molar-refractivity contribution in [3.63, 3.8) is 0 Å². The third-order valence-electron chi connectivity index (χ3n) is 5.61. The first kappa shape index (κ1) is 28.5. The Labute approximate surface area is 221 Å². The number of Topliss-reactive ketones (excluding diaryl/α,β-unsaturated/α-hetero) is 1. The molecule has 2 N–H and O–H groups in total. The Morgan fingerprint density at radius 3 is 2.29 bits per heavy atom. The van der Waals surface area contributed by atoms with E-state index in [1.165, 1.54) is 43.3 Å². The van der Waals surface area contributed by atoms with Crippen LogP contribution in [0.4, 0.5) is 5.69 Å². The van der Waals surface area contributed by atoms with Gasteiger partial charge in [0.1, 0.15) is 5.75 Å². The first-order valence-corrected chi connectivity index (χ1v) is 13.4. The Kier molecular flexibility index (Phi) is 8.95. The van der Waals surface area contributed by atoms with Crippen LogP contribution in [0.3, 0.4) is 0 Å². The number of ketones is 1. The zero-order valence-corrected chi connectivity index (χ0v) is 22.6. The van der Waals surface area contributed by atoms with E-state index in [0.29, 0.717) is 23.6 Å². The number of aromatic nitrogens is 1. The molecule has 1 aromatic heterocycles. The van der Waals surface area contributed by atoms with Crippen LogP contribution in [0.5, 0.6) is 5.75 Å². The molecule has 0 fully saturated rings. The van der Waals surface area contributed by atoms with Crippen LogP contribution in [0.15, 0.2) is 53.4 Å². The van der Waals surface area contributed by atoms with Gasteiger partial charge >= 0.3 is 11.9 Å².